The number of thiophene rings is 1. The highest BCUT2D eigenvalue weighted by atomic mass is 32.1. The summed E-state index contributed by atoms with van der Waals surface area (Å²) in [6, 6.07) is 5.16. The summed E-state index contributed by atoms with van der Waals surface area (Å²) in [6.45, 7) is 3.33. The molecule has 0 saturated heterocycles. The van der Waals surface area contributed by atoms with E-state index in [1.54, 1.807) is 0 Å². The van der Waals surface area contributed by atoms with Crippen LogP contribution in [0.15, 0.2) is 17.5 Å². The largest absolute Gasteiger partial charge is 0.314 e. The van der Waals surface area contributed by atoms with Crippen molar-refractivity contribution in [1.29, 1.82) is 0 Å². The topological polar surface area (TPSA) is 12.0 Å². The molecule has 0 spiro atoms. The zero-order chi connectivity index (χ0) is 10.5. The first-order valence-corrected chi connectivity index (χ1v) is 7.02. The Hall–Kier alpha value is -0.340. The van der Waals surface area contributed by atoms with E-state index in [0.717, 1.165) is 18.5 Å². The molecule has 1 unspecified atom stereocenters. The molecular formula is C13H21NS. The first-order valence-electron chi connectivity index (χ1n) is 6.14. The van der Waals surface area contributed by atoms with Gasteiger partial charge in [0, 0.05) is 10.9 Å². The molecule has 1 atom stereocenters. The molecule has 0 aliphatic heterocycles. The molecule has 0 radical (unpaired) electrons. The van der Waals surface area contributed by atoms with Crippen LogP contribution in [0.25, 0.3) is 0 Å². The standard InChI is InChI=1S/C13H21NS/c1-2-14-12(10-11-5-6-11)7-8-13-4-3-9-15-13/h3-4,9,11-12,14H,2,5-8,10H2,1H3. The molecule has 1 fully saturated rings. The first-order chi connectivity index (χ1) is 7.38. The molecule has 2 rings (SSSR count). The fourth-order valence-electron chi connectivity index (χ4n) is 2.12. The lowest BCUT2D eigenvalue weighted by Crippen LogP contribution is -2.29. The van der Waals surface area contributed by atoms with Gasteiger partial charge in [0.25, 0.3) is 0 Å². The smallest absolute Gasteiger partial charge is 0.00730 e. The molecule has 2 heteroatoms. The molecule has 1 N–H and O–H groups in total. The Morgan fingerprint density at radius 1 is 1.53 bits per heavy atom. The van der Waals surface area contributed by atoms with Crippen molar-refractivity contribution in [2.75, 3.05) is 6.54 Å². The molecule has 1 nitrogen and oxygen atoms in total. The van der Waals surface area contributed by atoms with E-state index in [-0.39, 0.29) is 0 Å². The van der Waals surface area contributed by atoms with Crippen LogP contribution in [0.5, 0.6) is 0 Å². The van der Waals surface area contributed by atoms with Gasteiger partial charge in [-0.1, -0.05) is 25.8 Å². The average Bonchev–Trinajstić information content (AvgIpc) is 2.90. The van der Waals surface area contributed by atoms with Crippen LogP contribution < -0.4 is 5.32 Å². The highest BCUT2D eigenvalue weighted by molar-refractivity contribution is 7.09. The third-order valence-electron chi connectivity index (χ3n) is 3.13. The molecule has 1 aromatic rings. The first kappa shape index (κ1) is 11.2. The van der Waals surface area contributed by atoms with Gasteiger partial charge in [-0.05, 0) is 43.2 Å². The summed E-state index contributed by atoms with van der Waals surface area (Å²) >= 11 is 1.89. The second-order valence-electron chi connectivity index (χ2n) is 4.55. The molecule has 1 aromatic heterocycles. The summed E-state index contributed by atoms with van der Waals surface area (Å²) in [5.74, 6) is 1.04. The number of hydrogen-bond acceptors (Lipinski definition) is 2. The summed E-state index contributed by atoms with van der Waals surface area (Å²) in [4.78, 5) is 1.54. The minimum absolute atomic E-state index is 0.754. The molecule has 15 heavy (non-hydrogen) atoms. The second kappa shape index (κ2) is 5.66. The Balaban J connectivity index is 1.72. The van der Waals surface area contributed by atoms with Gasteiger partial charge in [0.05, 0.1) is 0 Å². The number of nitrogens with one attached hydrogen (secondary N) is 1. The highest BCUT2D eigenvalue weighted by Gasteiger charge is 2.24. The van der Waals surface area contributed by atoms with Crippen molar-refractivity contribution in [1.82, 2.24) is 5.32 Å². The van der Waals surface area contributed by atoms with E-state index in [2.05, 4.69) is 29.8 Å². The van der Waals surface area contributed by atoms with Crippen LogP contribution in [0, 0.1) is 5.92 Å². The summed E-state index contributed by atoms with van der Waals surface area (Å²) in [5.41, 5.74) is 0. The average molecular weight is 223 g/mol. The monoisotopic (exact) mass is 223 g/mol. The Bertz CT molecular complexity index is 264. The predicted octanol–water partition coefficient (Wildman–Crippen LogP) is 3.46. The van der Waals surface area contributed by atoms with Crippen molar-refractivity contribution in [2.45, 2.75) is 45.1 Å². The predicted molar refractivity (Wildman–Crippen MR) is 67.4 cm³/mol. The number of aryl methyl sites for hydroxylation is 1. The SMILES string of the molecule is CCNC(CCc1cccs1)CC1CC1. The summed E-state index contributed by atoms with van der Waals surface area (Å²) in [7, 11) is 0. The third-order valence-corrected chi connectivity index (χ3v) is 4.06. The quantitative estimate of drug-likeness (QED) is 0.746. The minimum Gasteiger partial charge on any atom is -0.314 e. The summed E-state index contributed by atoms with van der Waals surface area (Å²) in [5, 5.41) is 5.80. The molecule has 0 amide bonds. The third kappa shape index (κ3) is 3.96. The van der Waals surface area contributed by atoms with Gasteiger partial charge in [-0.3, -0.25) is 0 Å². The van der Waals surface area contributed by atoms with Gasteiger partial charge < -0.3 is 5.32 Å². The molecule has 0 bridgehead atoms. The van der Waals surface area contributed by atoms with Gasteiger partial charge in [0.1, 0.15) is 0 Å². The van der Waals surface area contributed by atoms with Crippen molar-refractivity contribution < 1.29 is 0 Å². The maximum Gasteiger partial charge on any atom is 0.00730 e. The van der Waals surface area contributed by atoms with Crippen LogP contribution in [0.2, 0.25) is 0 Å². The lowest BCUT2D eigenvalue weighted by molar-refractivity contribution is 0.443. The molecule has 1 saturated carbocycles. The minimum atomic E-state index is 0.754. The Kier molecular flexibility index (Phi) is 4.21. The fourth-order valence-corrected chi connectivity index (χ4v) is 2.84. The molecule has 0 aromatic carbocycles. The van der Waals surface area contributed by atoms with E-state index in [4.69, 9.17) is 0 Å². The Labute approximate surface area is 96.9 Å². The second-order valence-corrected chi connectivity index (χ2v) is 5.58. The van der Waals surface area contributed by atoms with Crippen molar-refractivity contribution in [3.8, 4) is 0 Å². The lowest BCUT2D eigenvalue weighted by Gasteiger charge is -2.16. The van der Waals surface area contributed by atoms with Crippen LogP contribution in [0.3, 0.4) is 0 Å². The molecule has 1 heterocycles. The van der Waals surface area contributed by atoms with E-state index < -0.39 is 0 Å². The van der Waals surface area contributed by atoms with Crippen LogP contribution in [-0.4, -0.2) is 12.6 Å². The van der Waals surface area contributed by atoms with Crippen LogP contribution in [-0.2, 0) is 6.42 Å². The van der Waals surface area contributed by atoms with Crippen molar-refractivity contribution in [3.63, 3.8) is 0 Å². The maximum absolute atomic E-state index is 3.62. The zero-order valence-corrected chi connectivity index (χ0v) is 10.4. The van der Waals surface area contributed by atoms with Gasteiger partial charge >= 0.3 is 0 Å². The van der Waals surface area contributed by atoms with Crippen LogP contribution >= 0.6 is 11.3 Å². The van der Waals surface area contributed by atoms with Gasteiger partial charge in [0.2, 0.25) is 0 Å². The zero-order valence-electron chi connectivity index (χ0n) is 9.54. The van der Waals surface area contributed by atoms with Gasteiger partial charge in [0.15, 0.2) is 0 Å². The van der Waals surface area contributed by atoms with Gasteiger partial charge in [-0.15, -0.1) is 11.3 Å². The van der Waals surface area contributed by atoms with Gasteiger partial charge in [-0.25, -0.2) is 0 Å². The molecule has 84 valence electrons. The van der Waals surface area contributed by atoms with Crippen molar-refractivity contribution >= 4 is 11.3 Å². The van der Waals surface area contributed by atoms with Gasteiger partial charge in [-0.2, -0.15) is 0 Å². The number of rotatable bonds is 7. The fraction of sp³-hybridized carbons (Fsp3) is 0.692. The molecular weight excluding hydrogens is 202 g/mol. The maximum atomic E-state index is 3.62. The number of hydrogen-bond donors (Lipinski definition) is 1. The van der Waals surface area contributed by atoms with E-state index in [1.165, 1.54) is 37.0 Å². The molecule has 1 aliphatic carbocycles. The van der Waals surface area contributed by atoms with Crippen LogP contribution in [0.4, 0.5) is 0 Å². The summed E-state index contributed by atoms with van der Waals surface area (Å²) in [6.07, 6.45) is 6.91. The highest BCUT2D eigenvalue weighted by Crippen LogP contribution is 2.34. The van der Waals surface area contributed by atoms with Crippen molar-refractivity contribution in [3.05, 3.63) is 22.4 Å². The van der Waals surface area contributed by atoms with Crippen LogP contribution in [0.1, 0.15) is 37.5 Å². The van der Waals surface area contributed by atoms with E-state index in [1.807, 2.05) is 11.3 Å². The van der Waals surface area contributed by atoms with E-state index in [9.17, 15) is 0 Å². The Morgan fingerprint density at radius 3 is 3.00 bits per heavy atom. The van der Waals surface area contributed by atoms with Crippen molar-refractivity contribution in [2.24, 2.45) is 5.92 Å². The van der Waals surface area contributed by atoms with E-state index in [0.29, 0.717) is 0 Å². The van der Waals surface area contributed by atoms with E-state index >= 15 is 0 Å². The Morgan fingerprint density at radius 2 is 2.40 bits per heavy atom. The lowest BCUT2D eigenvalue weighted by atomic mass is 10.0. The normalized spacial score (nSPS) is 17.9. The summed E-state index contributed by atoms with van der Waals surface area (Å²) < 4.78 is 0. The molecule has 1 aliphatic rings.